The van der Waals surface area contributed by atoms with Crippen molar-refractivity contribution in [2.45, 2.75) is 26.4 Å². The van der Waals surface area contributed by atoms with Gasteiger partial charge in [-0.3, -0.25) is 0 Å². The van der Waals surface area contributed by atoms with Gasteiger partial charge in [-0.15, -0.1) is 0 Å². The topological polar surface area (TPSA) is 56.1 Å². The van der Waals surface area contributed by atoms with E-state index in [9.17, 15) is 4.79 Å². The van der Waals surface area contributed by atoms with E-state index in [1.54, 1.807) is 0 Å². The third-order valence-electron chi connectivity index (χ3n) is 3.60. The number of aromatic nitrogens is 2. The summed E-state index contributed by atoms with van der Waals surface area (Å²) in [5, 5.41) is 3.34. The summed E-state index contributed by atoms with van der Waals surface area (Å²) in [6.07, 6.45) is 1.02. The van der Waals surface area contributed by atoms with Crippen LogP contribution < -0.4 is 5.32 Å². The zero-order valence-electron chi connectivity index (χ0n) is 12.1. The standard InChI is InChI=1S/C16H19N3O2/c1-2-21-16(20)14-13-11-17-9-6-10-19(13)15(18-14)12-7-4-3-5-8-12/h3-5,7-8,17H,2,6,9-11H2,1H3. The summed E-state index contributed by atoms with van der Waals surface area (Å²) in [7, 11) is 0. The average Bonchev–Trinajstić information content (AvgIpc) is 2.70. The van der Waals surface area contributed by atoms with Gasteiger partial charge in [0.05, 0.1) is 12.3 Å². The highest BCUT2D eigenvalue weighted by Crippen LogP contribution is 2.24. The van der Waals surface area contributed by atoms with E-state index in [1.807, 2.05) is 37.3 Å². The minimum absolute atomic E-state index is 0.341. The van der Waals surface area contributed by atoms with E-state index < -0.39 is 0 Å². The monoisotopic (exact) mass is 285 g/mol. The molecule has 110 valence electrons. The van der Waals surface area contributed by atoms with Gasteiger partial charge in [-0.2, -0.15) is 0 Å². The molecule has 1 N–H and O–H groups in total. The summed E-state index contributed by atoms with van der Waals surface area (Å²) < 4.78 is 7.28. The molecule has 1 aliphatic rings. The van der Waals surface area contributed by atoms with Crippen LogP contribution in [0, 0.1) is 0 Å². The van der Waals surface area contributed by atoms with Crippen LogP contribution in [-0.2, 0) is 17.8 Å². The first-order valence-corrected chi connectivity index (χ1v) is 7.34. The van der Waals surface area contributed by atoms with Gasteiger partial charge in [-0.05, 0) is 19.9 Å². The van der Waals surface area contributed by atoms with Gasteiger partial charge in [0.1, 0.15) is 5.82 Å². The van der Waals surface area contributed by atoms with E-state index in [-0.39, 0.29) is 5.97 Å². The number of ether oxygens (including phenoxy) is 1. The predicted octanol–water partition coefficient (Wildman–Crippen LogP) is 2.22. The van der Waals surface area contributed by atoms with Gasteiger partial charge in [0.15, 0.2) is 5.69 Å². The second kappa shape index (κ2) is 6.10. The molecule has 0 radical (unpaired) electrons. The van der Waals surface area contributed by atoms with Crippen LogP contribution in [0.25, 0.3) is 11.4 Å². The van der Waals surface area contributed by atoms with Crippen molar-refractivity contribution in [3.8, 4) is 11.4 Å². The molecular formula is C16H19N3O2. The van der Waals surface area contributed by atoms with E-state index in [0.717, 1.165) is 36.6 Å². The van der Waals surface area contributed by atoms with Crippen LogP contribution in [0.5, 0.6) is 0 Å². The zero-order valence-corrected chi connectivity index (χ0v) is 12.1. The number of imidazole rings is 1. The van der Waals surface area contributed by atoms with Crippen LogP contribution in [-0.4, -0.2) is 28.7 Å². The first-order valence-electron chi connectivity index (χ1n) is 7.34. The fourth-order valence-electron chi connectivity index (χ4n) is 2.65. The minimum atomic E-state index is -0.341. The second-order valence-electron chi connectivity index (χ2n) is 5.00. The molecule has 0 fully saturated rings. The number of benzene rings is 1. The lowest BCUT2D eigenvalue weighted by atomic mass is 10.2. The van der Waals surface area contributed by atoms with Gasteiger partial charge < -0.3 is 14.6 Å². The predicted molar refractivity (Wildman–Crippen MR) is 79.9 cm³/mol. The molecule has 5 heteroatoms. The summed E-state index contributed by atoms with van der Waals surface area (Å²) in [4.78, 5) is 16.7. The first kappa shape index (κ1) is 13.8. The van der Waals surface area contributed by atoms with Gasteiger partial charge in [0.25, 0.3) is 0 Å². The molecule has 2 aromatic rings. The molecule has 0 unspecified atom stereocenters. The Morgan fingerprint density at radius 2 is 2.19 bits per heavy atom. The number of carbonyl (C=O) groups is 1. The lowest BCUT2D eigenvalue weighted by Gasteiger charge is -2.08. The minimum Gasteiger partial charge on any atom is -0.461 e. The Morgan fingerprint density at radius 3 is 2.95 bits per heavy atom. The number of hydrogen-bond acceptors (Lipinski definition) is 4. The van der Waals surface area contributed by atoms with Crippen molar-refractivity contribution in [3.05, 3.63) is 41.7 Å². The van der Waals surface area contributed by atoms with Crippen LogP contribution in [0.1, 0.15) is 29.5 Å². The largest absolute Gasteiger partial charge is 0.461 e. The molecule has 0 saturated heterocycles. The molecule has 21 heavy (non-hydrogen) atoms. The number of carbonyl (C=O) groups excluding carboxylic acids is 1. The highest BCUT2D eigenvalue weighted by Gasteiger charge is 2.24. The quantitative estimate of drug-likeness (QED) is 0.879. The molecule has 3 rings (SSSR count). The van der Waals surface area contributed by atoms with Gasteiger partial charge in [0, 0.05) is 18.7 Å². The SMILES string of the molecule is CCOC(=O)c1nc(-c2ccccc2)n2c1CNCCC2. The van der Waals surface area contributed by atoms with Crippen molar-refractivity contribution in [3.63, 3.8) is 0 Å². The van der Waals surface area contributed by atoms with Crippen molar-refractivity contribution in [1.29, 1.82) is 0 Å². The Labute approximate surface area is 124 Å². The van der Waals surface area contributed by atoms with Gasteiger partial charge in [0.2, 0.25) is 0 Å². The molecule has 0 bridgehead atoms. The molecule has 1 aromatic heterocycles. The summed E-state index contributed by atoms with van der Waals surface area (Å²) in [5.74, 6) is 0.504. The molecule has 1 aromatic carbocycles. The van der Waals surface area contributed by atoms with Crippen molar-refractivity contribution in [2.24, 2.45) is 0 Å². The fourth-order valence-corrected chi connectivity index (χ4v) is 2.65. The zero-order chi connectivity index (χ0) is 14.7. The number of nitrogens with zero attached hydrogens (tertiary/aromatic N) is 2. The van der Waals surface area contributed by atoms with Crippen LogP contribution in [0.3, 0.4) is 0 Å². The first-order chi connectivity index (χ1) is 10.3. The molecule has 5 nitrogen and oxygen atoms in total. The molecule has 0 atom stereocenters. The summed E-state index contributed by atoms with van der Waals surface area (Å²) in [6.45, 7) is 4.62. The maximum absolute atomic E-state index is 12.1. The third kappa shape index (κ3) is 2.69. The lowest BCUT2D eigenvalue weighted by molar-refractivity contribution is 0.0518. The van der Waals surface area contributed by atoms with Crippen molar-refractivity contribution >= 4 is 5.97 Å². The highest BCUT2D eigenvalue weighted by molar-refractivity contribution is 5.89. The maximum atomic E-state index is 12.1. The molecule has 1 aliphatic heterocycles. The summed E-state index contributed by atoms with van der Waals surface area (Å²) in [5.41, 5.74) is 2.38. The summed E-state index contributed by atoms with van der Waals surface area (Å²) >= 11 is 0. The van der Waals surface area contributed by atoms with E-state index in [2.05, 4.69) is 14.9 Å². The van der Waals surface area contributed by atoms with E-state index in [4.69, 9.17) is 4.74 Å². The number of nitrogens with one attached hydrogen (secondary N) is 1. The van der Waals surface area contributed by atoms with E-state index in [1.165, 1.54) is 0 Å². The summed E-state index contributed by atoms with van der Waals surface area (Å²) in [6, 6.07) is 9.97. The normalized spacial score (nSPS) is 14.3. The van der Waals surface area contributed by atoms with Gasteiger partial charge in [-0.1, -0.05) is 30.3 Å². The number of fused-ring (bicyclic) bond motifs is 1. The van der Waals surface area contributed by atoms with Crippen molar-refractivity contribution < 1.29 is 9.53 Å². The Balaban J connectivity index is 2.10. The Hall–Kier alpha value is -2.14. The van der Waals surface area contributed by atoms with E-state index in [0.29, 0.717) is 18.8 Å². The lowest BCUT2D eigenvalue weighted by Crippen LogP contribution is -2.16. The number of hydrogen-bond donors (Lipinski definition) is 1. The molecule has 0 spiro atoms. The smallest absolute Gasteiger partial charge is 0.358 e. The van der Waals surface area contributed by atoms with Crippen LogP contribution in [0.4, 0.5) is 0 Å². The fraction of sp³-hybridized carbons (Fsp3) is 0.375. The Morgan fingerprint density at radius 1 is 1.38 bits per heavy atom. The van der Waals surface area contributed by atoms with Crippen LogP contribution >= 0.6 is 0 Å². The molecule has 2 heterocycles. The second-order valence-corrected chi connectivity index (χ2v) is 5.00. The number of rotatable bonds is 3. The van der Waals surface area contributed by atoms with Gasteiger partial charge >= 0.3 is 5.97 Å². The third-order valence-corrected chi connectivity index (χ3v) is 3.60. The Kier molecular flexibility index (Phi) is 4.01. The average molecular weight is 285 g/mol. The molecule has 0 amide bonds. The molecular weight excluding hydrogens is 266 g/mol. The molecule has 0 saturated carbocycles. The van der Waals surface area contributed by atoms with Crippen molar-refractivity contribution in [2.75, 3.05) is 13.2 Å². The maximum Gasteiger partial charge on any atom is 0.358 e. The highest BCUT2D eigenvalue weighted by atomic mass is 16.5. The molecule has 0 aliphatic carbocycles. The Bertz CT molecular complexity index is 634. The van der Waals surface area contributed by atoms with Crippen molar-refractivity contribution in [1.82, 2.24) is 14.9 Å². The number of esters is 1. The van der Waals surface area contributed by atoms with E-state index >= 15 is 0 Å². The van der Waals surface area contributed by atoms with Gasteiger partial charge in [-0.25, -0.2) is 9.78 Å². The van der Waals surface area contributed by atoms with Crippen LogP contribution in [0.15, 0.2) is 30.3 Å². The van der Waals surface area contributed by atoms with Crippen LogP contribution in [0.2, 0.25) is 0 Å².